The Labute approximate surface area is 216 Å². The number of aliphatic carboxylic acids is 1. The molecule has 0 bridgehead atoms. The first-order valence-electron chi connectivity index (χ1n) is 12.9. The van der Waals surface area contributed by atoms with Crippen LogP contribution in [0.1, 0.15) is 65.8 Å². The lowest BCUT2D eigenvalue weighted by molar-refractivity contribution is -0.138. The second kappa shape index (κ2) is 10.9. The summed E-state index contributed by atoms with van der Waals surface area (Å²) in [4.78, 5) is 34.2. The van der Waals surface area contributed by atoms with Crippen LogP contribution in [0.2, 0.25) is 0 Å². The first-order chi connectivity index (χ1) is 18.0. The topological polar surface area (TPSA) is 92.2 Å². The van der Waals surface area contributed by atoms with Gasteiger partial charge in [0.15, 0.2) is 0 Å². The number of aryl methyl sites for hydroxylation is 2. The molecule has 6 heteroatoms. The SMILES string of the molecule is CC(CCc1nc2cc(C(=O)N[C@@H]3CCCc4ccccc43)ccc2nc1-c1ccccc1)CC(=O)O. The molecule has 1 aromatic heterocycles. The summed E-state index contributed by atoms with van der Waals surface area (Å²) < 4.78 is 0. The van der Waals surface area contributed by atoms with E-state index in [2.05, 4.69) is 23.5 Å². The fourth-order valence-electron chi connectivity index (χ4n) is 5.16. The highest BCUT2D eigenvalue weighted by Crippen LogP contribution is 2.30. The summed E-state index contributed by atoms with van der Waals surface area (Å²) >= 11 is 0. The highest BCUT2D eigenvalue weighted by atomic mass is 16.4. The average molecular weight is 494 g/mol. The smallest absolute Gasteiger partial charge is 0.303 e. The van der Waals surface area contributed by atoms with Gasteiger partial charge in [-0.1, -0.05) is 61.5 Å². The Kier molecular flexibility index (Phi) is 7.26. The van der Waals surface area contributed by atoms with Gasteiger partial charge < -0.3 is 10.4 Å². The summed E-state index contributed by atoms with van der Waals surface area (Å²) in [6, 6.07) is 23.7. The van der Waals surface area contributed by atoms with Gasteiger partial charge in [-0.05, 0) is 67.3 Å². The number of fused-ring (bicyclic) bond motifs is 2. The van der Waals surface area contributed by atoms with Crippen LogP contribution in [-0.2, 0) is 17.6 Å². The van der Waals surface area contributed by atoms with E-state index in [1.165, 1.54) is 11.1 Å². The van der Waals surface area contributed by atoms with Gasteiger partial charge in [-0.25, -0.2) is 9.97 Å². The number of amides is 1. The number of aromatic nitrogens is 2. The van der Waals surface area contributed by atoms with E-state index >= 15 is 0 Å². The largest absolute Gasteiger partial charge is 0.481 e. The van der Waals surface area contributed by atoms with Gasteiger partial charge in [0, 0.05) is 17.5 Å². The van der Waals surface area contributed by atoms with E-state index in [0.29, 0.717) is 23.9 Å². The molecule has 1 amide bonds. The first-order valence-corrected chi connectivity index (χ1v) is 12.9. The van der Waals surface area contributed by atoms with E-state index in [0.717, 1.165) is 41.7 Å². The average Bonchev–Trinajstić information content (AvgIpc) is 2.91. The molecule has 188 valence electrons. The molecule has 0 spiro atoms. The van der Waals surface area contributed by atoms with Crippen molar-refractivity contribution in [1.29, 1.82) is 0 Å². The van der Waals surface area contributed by atoms with Gasteiger partial charge in [0.05, 0.1) is 28.5 Å². The number of nitrogens with zero attached hydrogens (tertiary/aromatic N) is 2. The van der Waals surface area contributed by atoms with Gasteiger partial charge >= 0.3 is 5.97 Å². The van der Waals surface area contributed by atoms with Crippen LogP contribution in [0.4, 0.5) is 0 Å². The summed E-state index contributed by atoms with van der Waals surface area (Å²) in [5, 5.41) is 12.4. The molecule has 3 aromatic carbocycles. The fraction of sp³-hybridized carbons (Fsp3) is 0.290. The van der Waals surface area contributed by atoms with Gasteiger partial charge in [0.1, 0.15) is 0 Å². The Bertz CT molecular complexity index is 1430. The zero-order chi connectivity index (χ0) is 25.8. The number of nitrogens with one attached hydrogen (secondary N) is 1. The number of carboxylic acids is 1. The normalized spacial score (nSPS) is 15.6. The molecule has 2 atom stereocenters. The lowest BCUT2D eigenvalue weighted by atomic mass is 9.87. The van der Waals surface area contributed by atoms with Crippen LogP contribution in [0.15, 0.2) is 72.8 Å². The molecule has 4 aromatic rings. The third-order valence-electron chi connectivity index (χ3n) is 7.12. The maximum absolute atomic E-state index is 13.2. The number of carbonyl (C=O) groups is 2. The minimum absolute atomic E-state index is 0.00553. The van der Waals surface area contributed by atoms with Crippen LogP contribution in [0.25, 0.3) is 22.3 Å². The van der Waals surface area contributed by atoms with Crippen LogP contribution in [0.5, 0.6) is 0 Å². The molecule has 0 saturated heterocycles. The molecule has 1 aliphatic carbocycles. The number of hydrogen-bond donors (Lipinski definition) is 2. The summed E-state index contributed by atoms with van der Waals surface area (Å²) in [6.07, 6.45) is 4.44. The molecule has 37 heavy (non-hydrogen) atoms. The number of rotatable bonds is 8. The van der Waals surface area contributed by atoms with Crippen molar-refractivity contribution in [3.63, 3.8) is 0 Å². The van der Waals surface area contributed by atoms with E-state index in [-0.39, 0.29) is 24.3 Å². The predicted octanol–water partition coefficient (Wildman–Crippen LogP) is 6.15. The molecule has 0 saturated carbocycles. The van der Waals surface area contributed by atoms with E-state index in [1.54, 1.807) is 0 Å². The van der Waals surface area contributed by atoms with Crippen molar-refractivity contribution in [3.8, 4) is 11.3 Å². The molecular formula is C31H31N3O3. The molecule has 2 N–H and O–H groups in total. The minimum atomic E-state index is -0.795. The van der Waals surface area contributed by atoms with Gasteiger partial charge in [0.2, 0.25) is 0 Å². The van der Waals surface area contributed by atoms with E-state index < -0.39 is 5.97 Å². The Morgan fingerprint density at radius 3 is 2.59 bits per heavy atom. The fourth-order valence-corrected chi connectivity index (χ4v) is 5.16. The Morgan fingerprint density at radius 2 is 1.78 bits per heavy atom. The van der Waals surface area contributed by atoms with Crippen molar-refractivity contribution in [2.75, 3.05) is 0 Å². The van der Waals surface area contributed by atoms with Crippen molar-refractivity contribution in [2.45, 2.75) is 51.5 Å². The second-order valence-corrected chi connectivity index (χ2v) is 9.95. The van der Waals surface area contributed by atoms with E-state index in [1.807, 2.05) is 61.5 Å². The van der Waals surface area contributed by atoms with Crippen LogP contribution in [-0.4, -0.2) is 27.0 Å². The molecule has 0 radical (unpaired) electrons. The minimum Gasteiger partial charge on any atom is -0.481 e. The molecular weight excluding hydrogens is 462 g/mol. The highest BCUT2D eigenvalue weighted by Gasteiger charge is 2.22. The van der Waals surface area contributed by atoms with E-state index in [4.69, 9.17) is 15.1 Å². The Balaban J connectivity index is 1.44. The lowest BCUT2D eigenvalue weighted by Crippen LogP contribution is -2.31. The van der Waals surface area contributed by atoms with E-state index in [9.17, 15) is 9.59 Å². The van der Waals surface area contributed by atoms with Crippen molar-refractivity contribution < 1.29 is 14.7 Å². The maximum Gasteiger partial charge on any atom is 0.303 e. The standard InChI is InChI=1S/C31H31N3O3/c1-20(18-29(35)36)14-16-27-30(22-9-3-2-4-10-22)33-26-17-15-23(19-28(26)32-27)31(37)34-25-13-7-11-21-8-5-6-12-24(21)25/h2-6,8-10,12,15,17,19-20,25H,7,11,13-14,16,18H2,1H3,(H,34,37)(H,35,36)/t20?,25-/m1/s1. The molecule has 6 nitrogen and oxygen atoms in total. The second-order valence-electron chi connectivity index (χ2n) is 9.95. The van der Waals surface area contributed by atoms with Crippen LogP contribution in [0, 0.1) is 5.92 Å². The van der Waals surface area contributed by atoms with Crippen LogP contribution >= 0.6 is 0 Å². The highest BCUT2D eigenvalue weighted by molar-refractivity contribution is 5.97. The molecule has 5 rings (SSSR count). The van der Waals surface area contributed by atoms with Crippen molar-refractivity contribution in [2.24, 2.45) is 5.92 Å². The van der Waals surface area contributed by atoms with Gasteiger partial charge in [-0.15, -0.1) is 0 Å². The van der Waals surface area contributed by atoms with Gasteiger partial charge in [0.25, 0.3) is 5.91 Å². The monoisotopic (exact) mass is 493 g/mol. The summed E-state index contributed by atoms with van der Waals surface area (Å²) in [5.41, 5.74) is 7.03. The summed E-state index contributed by atoms with van der Waals surface area (Å²) in [6.45, 7) is 1.94. The summed E-state index contributed by atoms with van der Waals surface area (Å²) in [5.74, 6) is -0.889. The number of hydrogen-bond acceptors (Lipinski definition) is 4. The van der Waals surface area contributed by atoms with Crippen molar-refractivity contribution >= 4 is 22.9 Å². The Hall–Kier alpha value is -4.06. The molecule has 1 unspecified atom stereocenters. The maximum atomic E-state index is 13.2. The molecule has 1 heterocycles. The Morgan fingerprint density at radius 1 is 1.00 bits per heavy atom. The van der Waals surface area contributed by atoms with Crippen molar-refractivity contribution in [1.82, 2.24) is 15.3 Å². The third-order valence-corrected chi connectivity index (χ3v) is 7.12. The van der Waals surface area contributed by atoms with Crippen LogP contribution < -0.4 is 5.32 Å². The van der Waals surface area contributed by atoms with Gasteiger partial charge in [-0.3, -0.25) is 9.59 Å². The number of benzene rings is 3. The molecule has 0 fully saturated rings. The first kappa shape index (κ1) is 24.6. The van der Waals surface area contributed by atoms with Crippen LogP contribution in [0.3, 0.4) is 0 Å². The zero-order valence-electron chi connectivity index (χ0n) is 21.0. The number of carbonyl (C=O) groups excluding carboxylic acids is 1. The van der Waals surface area contributed by atoms with Gasteiger partial charge in [-0.2, -0.15) is 0 Å². The molecule has 0 aliphatic heterocycles. The quantitative estimate of drug-likeness (QED) is 0.307. The zero-order valence-corrected chi connectivity index (χ0v) is 21.0. The lowest BCUT2D eigenvalue weighted by Gasteiger charge is -2.26. The third kappa shape index (κ3) is 5.69. The molecule has 1 aliphatic rings. The van der Waals surface area contributed by atoms with Crippen molar-refractivity contribution in [3.05, 3.63) is 95.2 Å². The predicted molar refractivity (Wildman–Crippen MR) is 144 cm³/mol. The number of carboxylic acid groups (broad SMARTS) is 1. The summed E-state index contributed by atoms with van der Waals surface area (Å²) in [7, 11) is 0.